The minimum atomic E-state index is -0.523. The largest absolute Gasteiger partial charge is 0.494 e. The highest BCUT2D eigenvalue weighted by Crippen LogP contribution is 2.38. The van der Waals surface area contributed by atoms with Gasteiger partial charge in [-0.15, -0.1) is 0 Å². The van der Waals surface area contributed by atoms with Crippen molar-refractivity contribution in [2.24, 2.45) is 0 Å². The van der Waals surface area contributed by atoms with Crippen LogP contribution in [-0.2, 0) is 0 Å². The first-order valence-corrected chi connectivity index (χ1v) is 10.8. The van der Waals surface area contributed by atoms with Crippen LogP contribution in [0.1, 0.15) is 45.7 Å². The molecule has 33 heavy (non-hydrogen) atoms. The topological polar surface area (TPSA) is 71.1 Å². The third kappa shape index (κ3) is 4.75. The lowest BCUT2D eigenvalue weighted by atomic mass is 10.1. The number of esters is 1. The number of ketones is 1. The first kappa shape index (κ1) is 22.1. The van der Waals surface area contributed by atoms with Crippen LogP contribution in [0.5, 0.6) is 23.0 Å². The lowest BCUT2D eigenvalue weighted by Crippen LogP contribution is -2.11. The molecule has 0 fully saturated rings. The molecule has 0 radical (unpaired) electrons. The quantitative estimate of drug-likeness (QED) is 0.267. The van der Waals surface area contributed by atoms with Crippen molar-refractivity contribution < 1.29 is 28.5 Å². The van der Waals surface area contributed by atoms with E-state index in [-0.39, 0.29) is 17.3 Å². The fourth-order valence-electron chi connectivity index (χ4n) is 3.43. The Morgan fingerprint density at radius 1 is 0.970 bits per heavy atom. The zero-order chi connectivity index (χ0) is 23.4. The molecular formula is C27H24O6. The molecular weight excluding hydrogens is 420 g/mol. The summed E-state index contributed by atoms with van der Waals surface area (Å²) in [6.07, 6.45) is 1.56. The number of Topliss-reactive ketones (excluding diaryl/α,β-unsaturated/α-hetero) is 1. The second-order valence-electron chi connectivity index (χ2n) is 7.39. The molecule has 1 aliphatic rings. The number of carbonyl (C=O) groups is 2. The Morgan fingerprint density at radius 3 is 2.45 bits per heavy atom. The maximum atomic E-state index is 12.9. The molecule has 0 aliphatic carbocycles. The van der Waals surface area contributed by atoms with Gasteiger partial charge in [-0.1, -0.05) is 29.8 Å². The molecule has 0 N–H and O–H groups in total. The predicted molar refractivity (Wildman–Crippen MR) is 124 cm³/mol. The molecule has 4 rings (SSSR count). The first-order chi connectivity index (χ1) is 16.0. The average Bonchev–Trinajstić information content (AvgIpc) is 3.11. The van der Waals surface area contributed by atoms with Crippen molar-refractivity contribution in [1.82, 2.24) is 0 Å². The molecule has 1 aliphatic heterocycles. The van der Waals surface area contributed by atoms with Gasteiger partial charge in [0.15, 0.2) is 17.3 Å². The molecule has 0 atom stereocenters. The summed E-state index contributed by atoms with van der Waals surface area (Å²) in [7, 11) is 0. The van der Waals surface area contributed by atoms with Crippen LogP contribution in [0.15, 0.2) is 66.4 Å². The number of ether oxygens (including phenoxy) is 4. The molecule has 0 bridgehead atoms. The van der Waals surface area contributed by atoms with E-state index in [0.29, 0.717) is 47.2 Å². The van der Waals surface area contributed by atoms with Gasteiger partial charge in [0, 0.05) is 11.6 Å². The van der Waals surface area contributed by atoms with Gasteiger partial charge in [-0.05, 0) is 57.2 Å². The van der Waals surface area contributed by atoms with E-state index >= 15 is 0 Å². The highest BCUT2D eigenvalue weighted by atomic mass is 16.6. The number of rotatable bonds is 7. The Bertz CT molecular complexity index is 1220. The normalized spacial score (nSPS) is 13.4. The van der Waals surface area contributed by atoms with E-state index < -0.39 is 5.97 Å². The molecule has 0 spiro atoms. The van der Waals surface area contributed by atoms with Gasteiger partial charge >= 0.3 is 5.97 Å². The number of hydrogen-bond donors (Lipinski definition) is 0. The second kappa shape index (κ2) is 9.61. The summed E-state index contributed by atoms with van der Waals surface area (Å²) in [4.78, 5) is 25.7. The number of para-hydroxylation sites is 1. The van der Waals surface area contributed by atoms with Crippen molar-refractivity contribution in [3.8, 4) is 23.0 Å². The van der Waals surface area contributed by atoms with Crippen molar-refractivity contribution in [1.29, 1.82) is 0 Å². The van der Waals surface area contributed by atoms with Gasteiger partial charge in [0.1, 0.15) is 11.5 Å². The molecule has 6 heteroatoms. The maximum Gasteiger partial charge on any atom is 0.343 e. The van der Waals surface area contributed by atoms with Gasteiger partial charge in [-0.3, -0.25) is 4.79 Å². The summed E-state index contributed by atoms with van der Waals surface area (Å²) in [5.41, 5.74) is 2.39. The zero-order valence-electron chi connectivity index (χ0n) is 18.7. The van der Waals surface area contributed by atoms with Crippen molar-refractivity contribution in [3.05, 3.63) is 88.7 Å². The van der Waals surface area contributed by atoms with Crippen LogP contribution in [-0.4, -0.2) is 25.0 Å². The Morgan fingerprint density at radius 2 is 1.73 bits per heavy atom. The van der Waals surface area contributed by atoms with Gasteiger partial charge in [-0.25, -0.2) is 4.79 Å². The highest BCUT2D eigenvalue weighted by molar-refractivity contribution is 6.14. The number of aryl methyl sites for hydroxylation is 1. The summed E-state index contributed by atoms with van der Waals surface area (Å²) in [6, 6.07) is 17.4. The molecule has 1 heterocycles. The standard InChI is InChI=1S/C27H24O6/c1-4-30-20-13-14-21-23(16-20)32-24(25(21)28)15-19-7-6-8-22(31-5-2)26(19)33-27(29)18-11-9-17(3)10-12-18/h6-16H,4-5H2,1-3H3/b24-15-. The van der Waals surface area contributed by atoms with Crippen molar-refractivity contribution in [2.45, 2.75) is 20.8 Å². The fourth-order valence-corrected chi connectivity index (χ4v) is 3.43. The molecule has 0 unspecified atom stereocenters. The Balaban J connectivity index is 1.68. The van der Waals surface area contributed by atoms with Crippen molar-refractivity contribution in [3.63, 3.8) is 0 Å². The SMILES string of the molecule is CCOc1ccc2c(c1)O/C(=C\c1cccc(OCC)c1OC(=O)c1ccc(C)cc1)C2=O. The van der Waals surface area contributed by atoms with Gasteiger partial charge < -0.3 is 18.9 Å². The molecule has 0 amide bonds. The van der Waals surface area contributed by atoms with E-state index in [1.54, 1.807) is 54.6 Å². The number of fused-ring (bicyclic) bond motifs is 1. The monoisotopic (exact) mass is 444 g/mol. The Labute approximate surface area is 192 Å². The van der Waals surface area contributed by atoms with E-state index in [2.05, 4.69) is 0 Å². The smallest absolute Gasteiger partial charge is 0.343 e. The van der Waals surface area contributed by atoms with E-state index in [1.807, 2.05) is 32.9 Å². The van der Waals surface area contributed by atoms with Crippen molar-refractivity contribution >= 4 is 17.8 Å². The van der Waals surface area contributed by atoms with Crippen LogP contribution in [0.3, 0.4) is 0 Å². The summed E-state index contributed by atoms with van der Waals surface area (Å²) in [6.45, 7) is 6.56. The minimum absolute atomic E-state index is 0.125. The summed E-state index contributed by atoms with van der Waals surface area (Å²) < 4.78 is 22.7. The third-order valence-corrected chi connectivity index (χ3v) is 5.03. The van der Waals surface area contributed by atoms with Gasteiger partial charge in [-0.2, -0.15) is 0 Å². The van der Waals surface area contributed by atoms with Gasteiger partial charge in [0.05, 0.1) is 24.3 Å². The Kier molecular flexibility index (Phi) is 6.45. The summed E-state index contributed by atoms with van der Waals surface area (Å²) >= 11 is 0. The van der Waals surface area contributed by atoms with Crippen molar-refractivity contribution in [2.75, 3.05) is 13.2 Å². The molecule has 0 saturated carbocycles. The molecule has 0 aromatic heterocycles. The van der Waals surface area contributed by atoms with Crippen LogP contribution in [0.4, 0.5) is 0 Å². The summed E-state index contributed by atoms with van der Waals surface area (Å²) in [5.74, 6) is 1.01. The lowest BCUT2D eigenvalue weighted by Gasteiger charge is -2.13. The number of carbonyl (C=O) groups excluding carboxylic acids is 2. The van der Waals surface area contributed by atoms with Gasteiger partial charge in [0.25, 0.3) is 0 Å². The molecule has 0 saturated heterocycles. The van der Waals surface area contributed by atoms with Crippen LogP contribution >= 0.6 is 0 Å². The molecule has 3 aromatic carbocycles. The molecule has 168 valence electrons. The lowest BCUT2D eigenvalue weighted by molar-refractivity contribution is 0.0728. The predicted octanol–water partition coefficient (Wildman–Crippen LogP) is 5.63. The first-order valence-electron chi connectivity index (χ1n) is 10.8. The minimum Gasteiger partial charge on any atom is -0.494 e. The van der Waals surface area contributed by atoms with Gasteiger partial charge in [0.2, 0.25) is 5.78 Å². The van der Waals surface area contributed by atoms with Crippen LogP contribution in [0, 0.1) is 6.92 Å². The summed E-state index contributed by atoms with van der Waals surface area (Å²) in [5, 5.41) is 0. The van der Waals surface area contributed by atoms with Crippen LogP contribution in [0.25, 0.3) is 6.08 Å². The van der Waals surface area contributed by atoms with Crippen LogP contribution in [0.2, 0.25) is 0 Å². The van der Waals surface area contributed by atoms with E-state index in [4.69, 9.17) is 18.9 Å². The average molecular weight is 444 g/mol. The zero-order valence-corrected chi connectivity index (χ0v) is 18.7. The number of benzene rings is 3. The molecule has 6 nitrogen and oxygen atoms in total. The van der Waals surface area contributed by atoms with Crippen LogP contribution < -0.4 is 18.9 Å². The van der Waals surface area contributed by atoms with E-state index in [1.165, 1.54) is 0 Å². The Hall–Kier alpha value is -4.06. The fraction of sp³-hybridized carbons (Fsp3) is 0.185. The van der Waals surface area contributed by atoms with E-state index in [9.17, 15) is 9.59 Å². The number of allylic oxidation sites excluding steroid dienone is 1. The second-order valence-corrected chi connectivity index (χ2v) is 7.39. The highest BCUT2D eigenvalue weighted by Gasteiger charge is 2.28. The number of hydrogen-bond acceptors (Lipinski definition) is 6. The maximum absolute atomic E-state index is 12.9. The third-order valence-electron chi connectivity index (χ3n) is 5.03. The van der Waals surface area contributed by atoms with E-state index in [0.717, 1.165) is 5.56 Å². The molecule has 3 aromatic rings.